The van der Waals surface area contributed by atoms with Gasteiger partial charge < -0.3 is 0 Å². The average Bonchev–Trinajstić information content (AvgIpc) is 2.05. The van der Waals surface area contributed by atoms with Gasteiger partial charge in [-0.3, -0.25) is 0 Å². The van der Waals surface area contributed by atoms with Crippen molar-refractivity contribution >= 4 is 6.08 Å². The zero-order valence-corrected chi connectivity index (χ0v) is 7.33. The summed E-state index contributed by atoms with van der Waals surface area (Å²) in [7, 11) is 0. The molecule has 0 N–H and O–H groups in total. The molecule has 0 heterocycles. The molecule has 60 valence electrons. The van der Waals surface area contributed by atoms with E-state index in [1.807, 2.05) is 24.3 Å². The molecule has 0 fully saturated rings. The molecule has 0 amide bonds. The van der Waals surface area contributed by atoms with E-state index >= 15 is 0 Å². The van der Waals surface area contributed by atoms with Crippen molar-refractivity contribution in [2.24, 2.45) is 0 Å². The van der Waals surface area contributed by atoms with Gasteiger partial charge in [-0.1, -0.05) is 23.8 Å². The molecule has 1 rings (SSSR count). The second kappa shape index (κ2) is 3.73. The standard InChI is InChI=1S/C11H11N/c1-9(2)7-10-3-5-11(8-12)6-4-10/h3-7H,1-2H3. The summed E-state index contributed by atoms with van der Waals surface area (Å²) in [5.74, 6) is 0. The van der Waals surface area contributed by atoms with Gasteiger partial charge in [0.1, 0.15) is 0 Å². The maximum atomic E-state index is 8.54. The predicted octanol–water partition coefficient (Wildman–Crippen LogP) is 2.98. The normalized spacial score (nSPS) is 8.75. The molecule has 1 aromatic rings. The lowest BCUT2D eigenvalue weighted by molar-refractivity contribution is 1.42. The summed E-state index contributed by atoms with van der Waals surface area (Å²) in [6, 6.07) is 9.64. The minimum Gasteiger partial charge on any atom is -0.192 e. The third-order valence-corrected chi connectivity index (χ3v) is 1.50. The van der Waals surface area contributed by atoms with Gasteiger partial charge in [-0.05, 0) is 31.5 Å². The minimum absolute atomic E-state index is 0.709. The Morgan fingerprint density at radius 1 is 1.25 bits per heavy atom. The smallest absolute Gasteiger partial charge is 0.0991 e. The first-order valence-corrected chi connectivity index (χ1v) is 3.87. The third-order valence-electron chi connectivity index (χ3n) is 1.50. The van der Waals surface area contributed by atoms with E-state index < -0.39 is 0 Å². The Bertz CT molecular complexity index is 321. The average molecular weight is 157 g/mol. The van der Waals surface area contributed by atoms with E-state index in [0.29, 0.717) is 5.56 Å². The van der Waals surface area contributed by atoms with Crippen LogP contribution in [0.2, 0.25) is 0 Å². The lowest BCUT2D eigenvalue weighted by Gasteiger charge is -1.93. The minimum atomic E-state index is 0.709. The van der Waals surface area contributed by atoms with Crippen molar-refractivity contribution in [3.8, 4) is 6.07 Å². The maximum absolute atomic E-state index is 8.54. The van der Waals surface area contributed by atoms with E-state index in [1.54, 1.807) is 0 Å². The second-order valence-electron chi connectivity index (χ2n) is 2.96. The van der Waals surface area contributed by atoms with Gasteiger partial charge in [-0.2, -0.15) is 5.26 Å². The monoisotopic (exact) mass is 157 g/mol. The summed E-state index contributed by atoms with van der Waals surface area (Å²) in [5.41, 5.74) is 3.12. The highest BCUT2D eigenvalue weighted by atomic mass is 14.2. The Morgan fingerprint density at radius 3 is 2.25 bits per heavy atom. The molecule has 12 heavy (non-hydrogen) atoms. The molecule has 0 atom stereocenters. The highest BCUT2D eigenvalue weighted by molar-refractivity contribution is 5.53. The number of rotatable bonds is 1. The Kier molecular flexibility index (Phi) is 2.66. The third kappa shape index (κ3) is 2.25. The van der Waals surface area contributed by atoms with Crippen LogP contribution in [0.4, 0.5) is 0 Å². The van der Waals surface area contributed by atoms with Crippen LogP contribution in [-0.2, 0) is 0 Å². The summed E-state index contributed by atoms with van der Waals surface area (Å²) in [6.45, 7) is 4.11. The maximum Gasteiger partial charge on any atom is 0.0991 e. The van der Waals surface area contributed by atoms with Crippen molar-refractivity contribution in [1.82, 2.24) is 0 Å². The van der Waals surface area contributed by atoms with Gasteiger partial charge in [-0.15, -0.1) is 0 Å². The zero-order chi connectivity index (χ0) is 8.97. The van der Waals surface area contributed by atoms with Crippen LogP contribution >= 0.6 is 0 Å². The fourth-order valence-electron chi connectivity index (χ4n) is 0.987. The van der Waals surface area contributed by atoms with E-state index in [1.165, 1.54) is 5.57 Å². The van der Waals surface area contributed by atoms with Gasteiger partial charge in [0.15, 0.2) is 0 Å². The van der Waals surface area contributed by atoms with Crippen molar-refractivity contribution in [2.75, 3.05) is 0 Å². The van der Waals surface area contributed by atoms with E-state index in [2.05, 4.69) is 26.0 Å². The topological polar surface area (TPSA) is 23.8 Å². The van der Waals surface area contributed by atoms with E-state index in [4.69, 9.17) is 5.26 Å². The molecule has 0 aliphatic rings. The van der Waals surface area contributed by atoms with Crippen LogP contribution in [0.1, 0.15) is 25.0 Å². The molecule has 1 heteroatoms. The van der Waals surface area contributed by atoms with Crippen LogP contribution in [0.25, 0.3) is 6.08 Å². The number of nitriles is 1. The van der Waals surface area contributed by atoms with Gasteiger partial charge in [0.2, 0.25) is 0 Å². The number of hydrogen-bond donors (Lipinski definition) is 0. The van der Waals surface area contributed by atoms with E-state index in [9.17, 15) is 0 Å². The fourth-order valence-corrected chi connectivity index (χ4v) is 0.987. The molecule has 0 unspecified atom stereocenters. The Morgan fingerprint density at radius 2 is 1.83 bits per heavy atom. The molecule has 1 nitrogen and oxygen atoms in total. The molecule has 0 spiro atoms. The van der Waals surface area contributed by atoms with Crippen molar-refractivity contribution in [3.05, 3.63) is 41.0 Å². The molecule has 0 aliphatic carbocycles. The van der Waals surface area contributed by atoms with Gasteiger partial charge in [0.05, 0.1) is 11.6 Å². The summed E-state index contributed by atoms with van der Waals surface area (Å²) in [4.78, 5) is 0. The molecular formula is C11H11N. The van der Waals surface area contributed by atoms with E-state index in [-0.39, 0.29) is 0 Å². The van der Waals surface area contributed by atoms with E-state index in [0.717, 1.165) is 5.56 Å². The lowest BCUT2D eigenvalue weighted by atomic mass is 10.1. The molecule has 0 saturated heterocycles. The molecule has 0 aliphatic heterocycles. The summed E-state index contributed by atoms with van der Waals surface area (Å²) in [5, 5.41) is 8.54. The molecule has 0 aromatic heterocycles. The van der Waals surface area contributed by atoms with Crippen LogP contribution in [0.3, 0.4) is 0 Å². The summed E-state index contributed by atoms with van der Waals surface area (Å²) < 4.78 is 0. The van der Waals surface area contributed by atoms with Gasteiger partial charge in [0.25, 0.3) is 0 Å². The molecule has 0 bridgehead atoms. The SMILES string of the molecule is CC(C)=Cc1ccc(C#N)cc1. The Balaban J connectivity index is 2.95. The van der Waals surface area contributed by atoms with Gasteiger partial charge in [0, 0.05) is 0 Å². The zero-order valence-electron chi connectivity index (χ0n) is 7.33. The quantitative estimate of drug-likeness (QED) is 0.614. The Labute approximate surface area is 73.0 Å². The summed E-state index contributed by atoms with van der Waals surface area (Å²) >= 11 is 0. The van der Waals surface area contributed by atoms with Crippen molar-refractivity contribution < 1.29 is 0 Å². The number of hydrogen-bond acceptors (Lipinski definition) is 1. The van der Waals surface area contributed by atoms with Crippen molar-refractivity contribution in [2.45, 2.75) is 13.8 Å². The summed E-state index contributed by atoms with van der Waals surface area (Å²) in [6.07, 6.45) is 2.08. The highest BCUT2D eigenvalue weighted by Gasteiger charge is 1.89. The largest absolute Gasteiger partial charge is 0.192 e. The fraction of sp³-hybridized carbons (Fsp3) is 0.182. The Hall–Kier alpha value is -1.55. The van der Waals surface area contributed by atoms with Crippen LogP contribution in [-0.4, -0.2) is 0 Å². The van der Waals surface area contributed by atoms with Crippen LogP contribution in [0.5, 0.6) is 0 Å². The second-order valence-corrected chi connectivity index (χ2v) is 2.96. The highest BCUT2D eigenvalue weighted by Crippen LogP contribution is 2.07. The van der Waals surface area contributed by atoms with Crippen LogP contribution < -0.4 is 0 Å². The molecule has 1 aromatic carbocycles. The van der Waals surface area contributed by atoms with Crippen molar-refractivity contribution in [1.29, 1.82) is 5.26 Å². The first-order chi connectivity index (χ1) is 5.72. The lowest BCUT2D eigenvalue weighted by Crippen LogP contribution is -1.75. The first-order valence-electron chi connectivity index (χ1n) is 3.87. The molecule has 0 saturated carbocycles. The van der Waals surface area contributed by atoms with Gasteiger partial charge in [-0.25, -0.2) is 0 Å². The van der Waals surface area contributed by atoms with Crippen molar-refractivity contribution in [3.63, 3.8) is 0 Å². The van der Waals surface area contributed by atoms with Crippen LogP contribution in [0, 0.1) is 11.3 Å². The number of benzene rings is 1. The molecular weight excluding hydrogens is 146 g/mol. The van der Waals surface area contributed by atoms with Crippen LogP contribution in [0.15, 0.2) is 29.8 Å². The molecule has 0 radical (unpaired) electrons. The number of nitrogens with zero attached hydrogens (tertiary/aromatic N) is 1. The van der Waals surface area contributed by atoms with Gasteiger partial charge >= 0.3 is 0 Å². The number of allylic oxidation sites excluding steroid dienone is 1. The predicted molar refractivity (Wildman–Crippen MR) is 50.5 cm³/mol. The first kappa shape index (κ1) is 8.55.